The molecule has 0 radical (unpaired) electrons. The van der Waals surface area contributed by atoms with Crippen molar-refractivity contribution in [3.63, 3.8) is 0 Å². The normalized spacial score (nSPS) is 14.9. The maximum atomic E-state index is 12.5. The van der Waals surface area contributed by atoms with Crippen LogP contribution in [0.2, 0.25) is 0 Å². The average Bonchev–Trinajstić information content (AvgIpc) is 3.01. The van der Waals surface area contributed by atoms with Crippen molar-refractivity contribution in [1.29, 1.82) is 0 Å². The van der Waals surface area contributed by atoms with Crippen LogP contribution in [-0.4, -0.2) is 40.7 Å². The zero-order valence-corrected chi connectivity index (χ0v) is 15.3. The molecule has 3 amide bonds. The number of hydrogen-bond acceptors (Lipinski definition) is 5. The van der Waals surface area contributed by atoms with Crippen molar-refractivity contribution in [2.75, 3.05) is 23.7 Å². The first-order valence-corrected chi connectivity index (χ1v) is 9.18. The molecule has 1 saturated heterocycles. The molecule has 1 aromatic carbocycles. The largest absolute Gasteiger partial charge is 0.339 e. The first-order valence-electron chi connectivity index (χ1n) is 8.36. The third-order valence-electron chi connectivity index (χ3n) is 4.29. The van der Waals surface area contributed by atoms with Gasteiger partial charge in [-0.3, -0.25) is 14.4 Å². The highest BCUT2D eigenvalue weighted by molar-refractivity contribution is 7.22. The number of nitrogens with zero attached hydrogens (tertiary/aromatic N) is 2. The summed E-state index contributed by atoms with van der Waals surface area (Å²) in [4.78, 5) is 41.3. The van der Waals surface area contributed by atoms with E-state index in [9.17, 15) is 14.4 Å². The number of anilines is 2. The quantitative estimate of drug-likeness (QED) is 0.807. The molecule has 0 aliphatic carbocycles. The molecule has 2 heterocycles. The monoisotopic (exact) mass is 372 g/mol. The molecule has 0 saturated carbocycles. The van der Waals surface area contributed by atoms with E-state index in [0.717, 1.165) is 10.2 Å². The number of fused-ring (bicyclic) bond motifs is 1. The molecule has 0 unspecified atom stereocenters. The molecule has 2 aromatic rings. The van der Waals surface area contributed by atoms with Crippen molar-refractivity contribution < 1.29 is 14.4 Å². The molecule has 3 rings (SSSR count). The molecule has 136 valence electrons. The molecule has 1 fully saturated rings. The average molecular weight is 372 g/mol. The lowest BCUT2D eigenvalue weighted by Gasteiger charge is -2.30. The number of likely N-dealkylation sites (tertiary alicyclic amines) is 1. The van der Waals surface area contributed by atoms with Gasteiger partial charge in [0.05, 0.1) is 10.2 Å². The summed E-state index contributed by atoms with van der Waals surface area (Å²) in [5, 5.41) is 6.14. The minimum atomic E-state index is -0.168. The lowest BCUT2D eigenvalue weighted by molar-refractivity contribution is -0.130. The Bertz CT molecular complexity index is 868. The number of piperidine rings is 1. The van der Waals surface area contributed by atoms with Gasteiger partial charge >= 0.3 is 0 Å². The molecule has 2 N–H and O–H groups in total. The van der Waals surface area contributed by atoms with E-state index in [1.807, 2.05) is 12.1 Å². The van der Waals surface area contributed by atoms with Gasteiger partial charge in [0.1, 0.15) is 0 Å². The highest BCUT2D eigenvalue weighted by Crippen LogP contribution is 2.29. The van der Waals surface area contributed by atoms with Crippen LogP contribution in [0.15, 0.2) is 30.9 Å². The molecule has 1 aliphatic heterocycles. The summed E-state index contributed by atoms with van der Waals surface area (Å²) in [6.07, 6.45) is 2.59. The summed E-state index contributed by atoms with van der Waals surface area (Å²) in [6, 6.07) is 5.47. The van der Waals surface area contributed by atoms with Crippen molar-refractivity contribution >= 4 is 50.1 Å². The van der Waals surface area contributed by atoms with Gasteiger partial charge in [0, 0.05) is 31.6 Å². The van der Waals surface area contributed by atoms with Crippen LogP contribution in [0.5, 0.6) is 0 Å². The van der Waals surface area contributed by atoms with Gasteiger partial charge in [-0.15, -0.1) is 0 Å². The SMILES string of the molecule is C=CC(=O)N1CCC(C(=O)Nc2ccc3nc(NC(C)=O)sc3c2)CC1. The number of aromatic nitrogens is 1. The van der Waals surface area contributed by atoms with Gasteiger partial charge in [0.25, 0.3) is 0 Å². The zero-order chi connectivity index (χ0) is 18.7. The van der Waals surface area contributed by atoms with Gasteiger partial charge < -0.3 is 15.5 Å². The molecule has 7 nitrogen and oxygen atoms in total. The van der Waals surface area contributed by atoms with E-state index >= 15 is 0 Å². The van der Waals surface area contributed by atoms with Crippen molar-refractivity contribution in [2.24, 2.45) is 5.92 Å². The fourth-order valence-corrected chi connectivity index (χ4v) is 3.89. The molecule has 0 atom stereocenters. The van der Waals surface area contributed by atoms with E-state index in [1.54, 1.807) is 11.0 Å². The van der Waals surface area contributed by atoms with Gasteiger partial charge in [-0.25, -0.2) is 4.98 Å². The first kappa shape index (κ1) is 18.1. The number of benzene rings is 1. The maximum Gasteiger partial charge on any atom is 0.245 e. The summed E-state index contributed by atoms with van der Waals surface area (Å²) >= 11 is 1.36. The Morgan fingerprint density at radius 2 is 2.00 bits per heavy atom. The Morgan fingerprint density at radius 3 is 2.65 bits per heavy atom. The Balaban J connectivity index is 1.63. The Kier molecular flexibility index (Phi) is 5.32. The second-order valence-corrected chi connectivity index (χ2v) is 7.21. The Labute approximate surface area is 155 Å². The van der Waals surface area contributed by atoms with Crippen LogP contribution >= 0.6 is 11.3 Å². The number of hydrogen-bond donors (Lipinski definition) is 2. The van der Waals surface area contributed by atoms with Crippen LogP contribution in [0.3, 0.4) is 0 Å². The smallest absolute Gasteiger partial charge is 0.245 e. The zero-order valence-electron chi connectivity index (χ0n) is 14.4. The highest BCUT2D eigenvalue weighted by Gasteiger charge is 2.26. The standard InChI is InChI=1S/C18H20N4O3S/c1-3-16(24)22-8-6-12(7-9-22)17(25)20-13-4-5-14-15(10-13)26-18(21-14)19-11(2)23/h3-5,10,12H,1,6-9H2,2H3,(H,20,25)(H,19,21,23). The minimum Gasteiger partial charge on any atom is -0.339 e. The third-order valence-corrected chi connectivity index (χ3v) is 5.22. The van der Waals surface area contributed by atoms with Gasteiger partial charge in [-0.1, -0.05) is 17.9 Å². The van der Waals surface area contributed by atoms with Crippen molar-refractivity contribution in [1.82, 2.24) is 9.88 Å². The number of thiazole rings is 1. The van der Waals surface area contributed by atoms with Crippen LogP contribution in [-0.2, 0) is 14.4 Å². The fourth-order valence-electron chi connectivity index (χ4n) is 2.94. The summed E-state index contributed by atoms with van der Waals surface area (Å²) in [5.74, 6) is -0.411. The van der Waals surface area contributed by atoms with Gasteiger partial charge in [0.2, 0.25) is 17.7 Å². The molecule has 0 spiro atoms. The second-order valence-electron chi connectivity index (χ2n) is 6.18. The number of carbonyl (C=O) groups excluding carboxylic acids is 3. The highest BCUT2D eigenvalue weighted by atomic mass is 32.1. The molecule has 26 heavy (non-hydrogen) atoms. The minimum absolute atomic E-state index is 0.0401. The molecule has 1 aliphatic rings. The summed E-state index contributed by atoms with van der Waals surface area (Å²) < 4.78 is 0.887. The van der Waals surface area contributed by atoms with E-state index in [4.69, 9.17) is 0 Å². The van der Waals surface area contributed by atoms with Crippen molar-refractivity contribution in [2.45, 2.75) is 19.8 Å². The maximum absolute atomic E-state index is 12.5. The van der Waals surface area contributed by atoms with Gasteiger partial charge in [0.15, 0.2) is 5.13 Å². The predicted octanol–water partition coefficient (Wildman–Crippen LogP) is 2.62. The number of nitrogens with one attached hydrogen (secondary N) is 2. The van der Waals surface area contributed by atoms with Crippen molar-refractivity contribution in [3.05, 3.63) is 30.9 Å². The van der Waals surface area contributed by atoms with Crippen LogP contribution in [0.4, 0.5) is 10.8 Å². The van der Waals surface area contributed by atoms with E-state index in [-0.39, 0.29) is 23.6 Å². The molecule has 8 heteroatoms. The summed E-state index contributed by atoms with van der Waals surface area (Å²) in [6.45, 7) is 6.06. The van der Waals surface area contributed by atoms with E-state index in [0.29, 0.717) is 36.8 Å². The third kappa shape index (κ3) is 4.08. The van der Waals surface area contributed by atoms with Gasteiger partial charge in [-0.05, 0) is 37.1 Å². The first-order chi connectivity index (χ1) is 12.5. The lowest BCUT2D eigenvalue weighted by atomic mass is 9.95. The number of carbonyl (C=O) groups is 3. The van der Waals surface area contributed by atoms with E-state index in [1.165, 1.54) is 24.3 Å². The van der Waals surface area contributed by atoms with E-state index < -0.39 is 0 Å². The van der Waals surface area contributed by atoms with Crippen LogP contribution in [0, 0.1) is 5.92 Å². The number of amides is 3. The molecule has 1 aromatic heterocycles. The summed E-state index contributed by atoms with van der Waals surface area (Å²) in [5.41, 5.74) is 1.47. The molecular formula is C18H20N4O3S. The Morgan fingerprint density at radius 1 is 1.27 bits per heavy atom. The molecular weight excluding hydrogens is 352 g/mol. The fraction of sp³-hybridized carbons (Fsp3) is 0.333. The number of rotatable bonds is 4. The van der Waals surface area contributed by atoms with Crippen LogP contribution in [0.1, 0.15) is 19.8 Å². The van der Waals surface area contributed by atoms with Gasteiger partial charge in [-0.2, -0.15) is 0 Å². The van der Waals surface area contributed by atoms with Crippen LogP contribution < -0.4 is 10.6 Å². The van der Waals surface area contributed by atoms with E-state index in [2.05, 4.69) is 22.2 Å². The van der Waals surface area contributed by atoms with Crippen molar-refractivity contribution in [3.8, 4) is 0 Å². The topological polar surface area (TPSA) is 91.4 Å². The Hall–Kier alpha value is -2.74. The molecule has 0 bridgehead atoms. The summed E-state index contributed by atoms with van der Waals surface area (Å²) in [7, 11) is 0. The lowest BCUT2D eigenvalue weighted by Crippen LogP contribution is -2.40. The second kappa shape index (κ2) is 7.65. The predicted molar refractivity (Wildman–Crippen MR) is 102 cm³/mol. The van der Waals surface area contributed by atoms with Crippen LogP contribution in [0.25, 0.3) is 10.2 Å².